The Kier molecular flexibility index (Phi) is 8.26. The van der Waals surface area contributed by atoms with E-state index >= 15 is 0 Å². The number of anilines is 2. The van der Waals surface area contributed by atoms with Crippen molar-refractivity contribution in [2.24, 2.45) is 7.05 Å². The molecule has 0 saturated heterocycles. The van der Waals surface area contributed by atoms with Gasteiger partial charge in [-0.3, -0.25) is 10.1 Å². The standard InChI is InChI=1S/C18H21F3N6O5/c1-3-31-17(30)23-9-8-22-15(28)14-25-13(10-27(14)2)26-16(29)24-11-4-6-12(7-5-11)32-18(19,20)21/h4-7,10H,3,8-9H2,1-2H3,(H,22,28)(H,23,30)(H2,24,26,29). The second-order valence-electron chi connectivity index (χ2n) is 6.12. The van der Waals surface area contributed by atoms with E-state index in [0.29, 0.717) is 0 Å². The second kappa shape index (κ2) is 10.9. The largest absolute Gasteiger partial charge is 0.573 e. The van der Waals surface area contributed by atoms with Gasteiger partial charge in [0.15, 0.2) is 5.82 Å². The van der Waals surface area contributed by atoms with Gasteiger partial charge in [-0.2, -0.15) is 0 Å². The monoisotopic (exact) mass is 458 g/mol. The lowest BCUT2D eigenvalue weighted by Gasteiger charge is -2.10. The highest BCUT2D eigenvalue weighted by Gasteiger charge is 2.31. The summed E-state index contributed by atoms with van der Waals surface area (Å²) in [5.41, 5.74) is 0.208. The van der Waals surface area contributed by atoms with Gasteiger partial charge in [0, 0.05) is 32.0 Å². The molecule has 11 nitrogen and oxygen atoms in total. The fourth-order valence-corrected chi connectivity index (χ4v) is 2.36. The Hall–Kier alpha value is -3.97. The number of carbonyl (C=O) groups is 3. The van der Waals surface area contributed by atoms with Crippen molar-refractivity contribution in [3.05, 3.63) is 36.3 Å². The van der Waals surface area contributed by atoms with E-state index in [1.54, 1.807) is 14.0 Å². The Balaban J connectivity index is 1.84. The SMILES string of the molecule is CCOC(=O)NCCNC(=O)c1nc(NC(=O)Nc2ccc(OC(F)(F)F)cc2)cn1C. The van der Waals surface area contributed by atoms with E-state index in [9.17, 15) is 27.6 Å². The third-order valence-corrected chi connectivity index (χ3v) is 3.62. The maximum absolute atomic E-state index is 12.2. The number of carbonyl (C=O) groups excluding carboxylic acids is 3. The Bertz CT molecular complexity index is 946. The molecule has 0 fully saturated rings. The van der Waals surface area contributed by atoms with Gasteiger partial charge in [-0.1, -0.05) is 0 Å². The molecule has 4 amide bonds. The molecule has 0 spiro atoms. The number of aromatic nitrogens is 2. The van der Waals surface area contributed by atoms with Crippen molar-refractivity contribution >= 4 is 29.5 Å². The van der Waals surface area contributed by atoms with Gasteiger partial charge in [-0.25, -0.2) is 14.6 Å². The molecule has 0 saturated carbocycles. The van der Waals surface area contributed by atoms with Crippen LogP contribution in [0, 0.1) is 0 Å². The lowest BCUT2D eigenvalue weighted by Crippen LogP contribution is -2.35. The number of rotatable bonds is 8. The van der Waals surface area contributed by atoms with Crippen LogP contribution in [-0.4, -0.2) is 53.6 Å². The number of alkyl halides is 3. The van der Waals surface area contributed by atoms with Crippen LogP contribution in [0.3, 0.4) is 0 Å². The Labute approximate surface area is 180 Å². The Morgan fingerprint density at radius 1 is 1.06 bits per heavy atom. The van der Waals surface area contributed by atoms with E-state index in [-0.39, 0.29) is 37.0 Å². The molecule has 0 atom stereocenters. The van der Waals surface area contributed by atoms with Crippen LogP contribution >= 0.6 is 0 Å². The van der Waals surface area contributed by atoms with Gasteiger partial charge in [0.25, 0.3) is 5.91 Å². The van der Waals surface area contributed by atoms with Crippen LogP contribution in [0.2, 0.25) is 0 Å². The summed E-state index contributed by atoms with van der Waals surface area (Å²) in [4.78, 5) is 39.4. The van der Waals surface area contributed by atoms with Crippen LogP contribution < -0.4 is 26.0 Å². The molecule has 0 aliphatic carbocycles. The highest BCUT2D eigenvalue weighted by molar-refractivity contribution is 5.99. The van der Waals surface area contributed by atoms with Crippen molar-refractivity contribution in [1.82, 2.24) is 20.2 Å². The molecule has 0 radical (unpaired) electrons. The number of nitrogens with one attached hydrogen (secondary N) is 4. The van der Waals surface area contributed by atoms with Gasteiger partial charge in [0.2, 0.25) is 5.82 Å². The molecular formula is C18H21F3N6O5. The first kappa shape index (κ1) is 24.3. The number of hydrogen-bond donors (Lipinski definition) is 4. The predicted octanol–water partition coefficient (Wildman–Crippen LogP) is 2.44. The van der Waals surface area contributed by atoms with Crippen LogP contribution in [0.4, 0.5) is 34.3 Å². The minimum atomic E-state index is -4.81. The van der Waals surface area contributed by atoms with Crippen molar-refractivity contribution in [3.63, 3.8) is 0 Å². The van der Waals surface area contributed by atoms with Gasteiger partial charge in [0.05, 0.1) is 6.61 Å². The fourth-order valence-electron chi connectivity index (χ4n) is 2.36. The number of halogens is 3. The molecule has 174 valence electrons. The molecule has 1 aromatic heterocycles. The normalized spacial score (nSPS) is 10.8. The number of urea groups is 1. The summed E-state index contributed by atoms with van der Waals surface area (Å²) < 4.78 is 46.3. The van der Waals surface area contributed by atoms with Crippen molar-refractivity contribution in [3.8, 4) is 5.75 Å². The highest BCUT2D eigenvalue weighted by Crippen LogP contribution is 2.24. The van der Waals surface area contributed by atoms with Crippen LogP contribution in [0.15, 0.2) is 30.5 Å². The molecular weight excluding hydrogens is 437 g/mol. The van der Waals surface area contributed by atoms with E-state index in [1.807, 2.05) is 0 Å². The zero-order valence-corrected chi connectivity index (χ0v) is 17.1. The number of amides is 4. The minimum Gasteiger partial charge on any atom is -0.450 e. The zero-order chi connectivity index (χ0) is 23.7. The Morgan fingerprint density at radius 3 is 2.34 bits per heavy atom. The smallest absolute Gasteiger partial charge is 0.450 e. The first-order valence-electron chi connectivity index (χ1n) is 9.23. The van der Waals surface area contributed by atoms with E-state index in [0.717, 1.165) is 12.1 Å². The van der Waals surface area contributed by atoms with Crippen LogP contribution in [0.5, 0.6) is 5.75 Å². The number of nitrogens with zero attached hydrogens (tertiary/aromatic N) is 2. The van der Waals surface area contributed by atoms with Gasteiger partial charge in [-0.15, -0.1) is 13.2 Å². The number of imidazole rings is 1. The van der Waals surface area contributed by atoms with Gasteiger partial charge in [-0.05, 0) is 31.2 Å². The molecule has 14 heteroatoms. The van der Waals surface area contributed by atoms with Crippen LogP contribution in [-0.2, 0) is 11.8 Å². The maximum atomic E-state index is 12.2. The summed E-state index contributed by atoms with van der Waals surface area (Å²) in [7, 11) is 1.54. The minimum absolute atomic E-state index is 0.00471. The summed E-state index contributed by atoms with van der Waals surface area (Å²) in [6, 6.07) is 3.81. The summed E-state index contributed by atoms with van der Waals surface area (Å²) >= 11 is 0. The topological polar surface area (TPSA) is 136 Å². The van der Waals surface area contributed by atoms with E-state index in [4.69, 9.17) is 0 Å². The summed E-state index contributed by atoms with van der Waals surface area (Å²) in [6.07, 6.45) is -4.02. The van der Waals surface area contributed by atoms with Gasteiger partial charge >= 0.3 is 18.5 Å². The third kappa shape index (κ3) is 8.04. The maximum Gasteiger partial charge on any atom is 0.573 e. The molecule has 4 N–H and O–H groups in total. The Morgan fingerprint density at radius 2 is 1.72 bits per heavy atom. The third-order valence-electron chi connectivity index (χ3n) is 3.62. The summed E-state index contributed by atoms with van der Waals surface area (Å²) in [5.74, 6) is -0.893. The zero-order valence-electron chi connectivity index (χ0n) is 17.1. The fraction of sp³-hybridized carbons (Fsp3) is 0.333. The average Bonchev–Trinajstić information content (AvgIpc) is 3.05. The molecule has 1 heterocycles. The van der Waals surface area contributed by atoms with Crippen molar-refractivity contribution < 1.29 is 37.0 Å². The number of ether oxygens (including phenoxy) is 2. The molecule has 0 bridgehead atoms. The molecule has 32 heavy (non-hydrogen) atoms. The van der Waals surface area contributed by atoms with Gasteiger partial charge < -0.3 is 30.0 Å². The number of aryl methyl sites for hydroxylation is 1. The number of hydrogen-bond acceptors (Lipinski definition) is 6. The molecule has 0 aliphatic heterocycles. The lowest BCUT2D eigenvalue weighted by atomic mass is 10.3. The van der Waals surface area contributed by atoms with Crippen molar-refractivity contribution in [1.29, 1.82) is 0 Å². The summed E-state index contributed by atoms with van der Waals surface area (Å²) in [5, 5.41) is 9.82. The highest BCUT2D eigenvalue weighted by atomic mass is 19.4. The second-order valence-corrected chi connectivity index (χ2v) is 6.12. The quantitative estimate of drug-likeness (QED) is 0.449. The number of benzene rings is 1. The van der Waals surface area contributed by atoms with Gasteiger partial charge in [0.1, 0.15) is 5.75 Å². The molecule has 1 aromatic carbocycles. The first-order chi connectivity index (χ1) is 15.1. The molecule has 2 rings (SSSR count). The molecule has 0 aliphatic rings. The average molecular weight is 458 g/mol. The van der Waals surface area contributed by atoms with Crippen LogP contribution in [0.25, 0.3) is 0 Å². The van der Waals surface area contributed by atoms with Crippen molar-refractivity contribution in [2.75, 3.05) is 30.3 Å². The lowest BCUT2D eigenvalue weighted by molar-refractivity contribution is -0.274. The molecule has 2 aromatic rings. The van der Waals surface area contributed by atoms with E-state index in [2.05, 4.69) is 35.7 Å². The molecule has 0 unspecified atom stereocenters. The van der Waals surface area contributed by atoms with Crippen LogP contribution in [0.1, 0.15) is 17.5 Å². The number of alkyl carbamates (subject to hydrolysis) is 1. The van der Waals surface area contributed by atoms with E-state index in [1.165, 1.54) is 22.9 Å². The first-order valence-corrected chi connectivity index (χ1v) is 9.23. The van der Waals surface area contributed by atoms with Crippen molar-refractivity contribution in [2.45, 2.75) is 13.3 Å². The van der Waals surface area contributed by atoms with E-state index < -0.39 is 30.1 Å². The summed E-state index contributed by atoms with van der Waals surface area (Å²) in [6.45, 7) is 2.17. The predicted molar refractivity (Wildman–Crippen MR) is 106 cm³/mol.